The summed E-state index contributed by atoms with van der Waals surface area (Å²) in [6.07, 6.45) is 2.34. The zero-order chi connectivity index (χ0) is 11.7. The van der Waals surface area contributed by atoms with Crippen molar-refractivity contribution in [2.75, 3.05) is 11.4 Å². The summed E-state index contributed by atoms with van der Waals surface area (Å²) in [6, 6.07) is 0. The number of nitrogens with zero attached hydrogens (tertiary/aromatic N) is 3. The maximum Gasteiger partial charge on any atom is 0.325 e. The van der Waals surface area contributed by atoms with Crippen LogP contribution in [0.4, 0.5) is 5.69 Å². The number of anilines is 1. The van der Waals surface area contributed by atoms with Gasteiger partial charge in [-0.3, -0.25) is 14.3 Å². The molecule has 0 saturated carbocycles. The van der Waals surface area contributed by atoms with Crippen LogP contribution in [0.25, 0.3) is 0 Å². The van der Waals surface area contributed by atoms with Crippen LogP contribution >= 0.6 is 0 Å². The van der Waals surface area contributed by atoms with Crippen LogP contribution in [-0.4, -0.2) is 44.5 Å². The summed E-state index contributed by atoms with van der Waals surface area (Å²) >= 11 is 0. The topological polar surface area (TPSA) is 95.7 Å². The molecular formula is C9H11N3O4. The second-order valence-electron chi connectivity index (χ2n) is 3.65. The minimum absolute atomic E-state index is 0.101. The highest BCUT2D eigenvalue weighted by Crippen LogP contribution is 2.20. The first-order valence-electron chi connectivity index (χ1n) is 4.79. The van der Waals surface area contributed by atoms with E-state index in [0.29, 0.717) is 5.69 Å². The van der Waals surface area contributed by atoms with E-state index in [4.69, 9.17) is 5.11 Å². The number of aliphatic hydroxyl groups excluding tert-OH is 1. The van der Waals surface area contributed by atoms with Crippen molar-refractivity contribution in [1.29, 1.82) is 0 Å². The smallest absolute Gasteiger partial charge is 0.325 e. The quantitative estimate of drug-likeness (QED) is 0.692. The summed E-state index contributed by atoms with van der Waals surface area (Å²) in [5.74, 6) is -1.18. The Morgan fingerprint density at radius 3 is 2.94 bits per heavy atom. The molecule has 1 amide bonds. The fourth-order valence-corrected chi connectivity index (χ4v) is 1.66. The molecule has 1 saturated heterocycles. The number of carbonyl (C=O) groups excluding carboxylic acids is 1. The van der Waals surface area contributed by atoms with E-state index in [1.807, 2.05) is 0 Å². The third kappa shape index (κ3) is 2.03. The van der Waals surface area contributed by atoms with Gasteiger partial charge >= 0.3 is 5.97 Å². The fourth-order valence-electron chi connectivity index (χ4n) is 1.66. The molecule has 0 radical (unpaired) electrons. The maximum absolute atomic E-state index is 11.4. The van der Waals surface area contributed by atoms with E-state index < -0.39 is 12.1 Å². The number of carboxylic acids is 1. The largest absolute Gasteiger partial charge is 0.480 e. The Kier molecular flexibility index (Phi) is 2.61. The molecule has 0 aliphatic carbocycles. The molecule has 7 nitrogen and oxygen atoms in total. The van der Waals surface area contributed by atoms with Crippen molar-refractivity contribution in [2.45, 2.75) is 19.1 Å². The lowest BCUT2D eigenvalue weighted by Gasteiger charge is -2.12. The summed E-state index contributed by atoms with van der Waals surface area (Å²) in [7, 11) is 0. The average Bonchev–Trinajstić information content (AvgIpc) is 2.72. The second kappa shape index (κ2) is 3.93. The van der Waals surface area contributed by atoms with Crippen LogP contribution in [0.5, 0.6) is 0 Å². The van der Waals surface area contributed by atoms with E-state index >= 15 is 0 Å². The molecule has 1 unspecified atom stereocenters. The Labute approximate surface area is 90.9 Å². The third-order valence-electron chi connectivity index (χ3n) is 2.33. The number of rotatable bonds is 3. The van der Waals surface area contributed by atoms with Gasteiger partial charge in [0.25, 0.3) is 0 Å². The maximum atomic E-state index is 11.4. The molecule has 0 bridgehead atoms. The predicted molar refractivity (Wildman–Crippen MR) is 52.8 cm³/mol. The van der Waals surface area contributed by atoms with Crippen LogP contribution in [0, 0.1) is 0 Å². The molecule has 1 atom stereocenters. The van der Waals surface area contributed by atoms with Crippen molar-refractivity contribution in [1.82, 2.24) is 9.78 Å². The molecule has 1 aromatic rings. The van der Waals surface area contributed by atoms with Crippen LogP contribution in [0.2, 0.25) is 0 Å². The van der Waals surface area contributed by atoms with Gasteiger partial charge < -0.3 is 15.1 Å². The van der Waals surface area contributed by atoms with E-state index in [-0.39, 0.29) is 25.4 Å². The molecule has 7 heteroatoms. The third-order valence-corrected chi connectivity index (χ3v) is 2.33. The Morgan fingerprint density at radius 2 is 2.38 bits per heavy atom. The van der Waals surface area contributed by atoms with Crippen LogP contribution in [0.15, 0.2) is 12.4 Å². The van der Waals surface area contributed by atoms with Crippen molar-refractivity contribution in [3.8, 4) is 0 Å². The predicted octanol–water partition coefficient (Wildman–Crippen LogP) is -0.935. The minimum atomic E-state index is -0.998. The number of hydrogen-bond donors (Lipinski definition) is 2. The van der Waals surface area contributed by atoms with E-state index in [2.05, 4.69) is 5.10 Å². The fraction of sp³-hybridized carbons (Fsp3) is 0.444. The first-order valence-corrected chi connectivity index (χ1v) is 4.79. The molecule has 16 heavy (non-hydrogen) atoms. The number of aromatic nitrogens is 2. The number of aliphatic hydroxyl groups is 1. The average molecular weight is 225 g/mol. The van der Waals surface area contributed by atoms with E-state index in [0.717, 1.165) is 0 Å². The van der Waals surface area contributed by atoms with Gasteiger partial charge in [-0.2, -0.15) is 5.10 Å². The monoisotopic (exact) mass is 225 g/mol. The standard InChI is InChI=1S/C9H11N3O4/c13-7-1-8(14)12(4-7)6-2-10-11(3-6)5-9(15)16/h2-3,7,13H,1,4-5H2,(H,15,16). The summed E-state index contributed by atoms with van der Waals surface area (Å²) < 4.78 is 1.23. The zero-order valence-electron chi connectivity index (χ0n) is 8.41. The van der Waals surface area contributed by atoms with Gasteiger partial charge in [-0.25, -0.2) is 0 Å². The van der Waals surface area contributed by atoms with Gasteiger partial charge in [0.05, 0.1) is 31.0 Å². The second-order valence-corrected chi connectivity index (χ2v) is 3.65. The highest BCUT2D eigenvalue weighted by Gasteiger charge is 2.29. The number of carbonyl (C=O) groups is 2. The first kappa shape index (κ1) is 10.6. The van der Waals surface area contributed by atoms with Gasteiger partial charge in [-0.05, 0) is 0 Å². The lowest BCUT2D eigenvalue weighted by molar-refractivity contribution is -0.137. The van der Waals surface area contributed by atoms with Crippen molar-refractivity contribution >= 4 is 17.6 Å². The Balaban J connectivity index is 2.13. The van der Waals surface area contributed by atoms with Crippen LogP contribution < -0.4 is 4.90 Å². The lowest BCUT2D eigenvalue weighted by Crippen LogP contribution is -2.24. The van der Waals surface area contributed by atoms with Gasteiger partial charge in [0.2, 0.25) is 5.91 Å². The van der Waals surface area contributed by atoms with E-state index in [9.17, 15) is 14.7 Å². The summed E-state index contributed by atoms with van der Waals surface area (Å²) in [6.45, 7) is -0.0117. The molecule has 1 aliphatic heterocycles. The molecule has 2 N–H and O–H groups in total. The molecular weight excluding hydrogens is 214 g/mol. The van der Waals surface area contributed by atoms with E-state index in [1.54, 1.807) is 0 Å². The van der Waals surface area contributed by atoms with Crippen LogP contribution in [-0.2, 0) is 16.1 Å². The number of amides is 1. The highest BCUT2D eigenvalue weighted by atomic mass is 16.4. The number of aliphatic carboxylic acids is 1. The molecule has 0 aromatic carbocycles. The number of β-amino-alcohol motifs (C(OH)–C–C–N with tert-alkyl or cyclic N) is 1. The number of carboxylic acid groups (broad SMARTS) is 1. The lowest BCUT2D eigenvalue weighted by atomic mass is 10.3. The van der Waals surface area contributed by atoms with Crippen LogP contribution in [0.3, 0.4) is 0 Å². The van der Waals surface area contributed by atoms with Crippen molar-refractivity contribution in [3.63, 3.8) is 0 Å². The Hall–Kier alpha value is -1.89. The summed E-state index contributed by atoms with van der Waals surface area (Å²) in [5, 5.41) is 21.7. The van der Waals surface area contributed by atoms with Gasteiger partial charge in [-0.15, -0.1) is 0 Å². The Morgan fingerprint density at radius 1 is 1.62 bits per heavy atom. The normalized spacial score (nSPS) is 20.4. The van der Waals surface area contributed by atoms with Gasteiger partial charge in [0, 0.05) is 6.20 Å². The molecule has 2 heterocycles. The van der Waals surface area contributed by atoms with Crippen molar-refractivity contribution in [2.24, 2.45) is 0 Å². The van der Waals surface area contributed by atoms with Gasteiger partial charge in [-0.1, -0.05) is 0 Å². The Bertz CT molecular complexity index is 428. The minimum Gasteiger partial charge on any atom is -0.480 e. The van der Waals surface area contributed by atoms with Gasteiger partial charge in [0.1, 0.15) is 6.54 Å². The molecule has 1 aromatic heterocycles. The molecule has 0 spiro atoms. The molecule has 1 aliphatic rings. The van der Waals surface area contributed by atoms with Crippen molar-refractivity contribution < 1.29 is 19.8 Å². The van der Waals surface area contributed by atoms with Crippen molar-refractivity contribution in [3.05, 3.63) is 12.4 Å². The summed E-state index contributed by atoms with van der Waals surface area (Å²) in [5.41, 5.74) is 0.516. The SMILES string of the molecule is O=C(O)Cn1cc(N2CC(O)CC2=O)cn1. The van der Waals surface area contributed by atoms with E-state index in [1.165, 1.54) is 22.0 Å². The number of hydrogen-bond acceptors (Lipinski definition) is 4. The molecule has 86 valence electrons. The van der Waals surface area contributed by atoms with Gasteiger partial charge in [0.15, 0.2) is 0 Å². The van der Waals surface area contributed by atoms with Crippen LogP contribution in [0.1, 0.15) is 6.42 Å². The molecule has 1 fully saturated rings. The molecule has 2 rings (SSSR count). The first-order chi connectivity index (χ1) is 7.56. The highest BCUT2D eigenvalue weighted by molar-refractivity contribution is 5.95. The zero-order valence-corrected chi connectivity index (χ0v) is 8.41. The summed E-state index contributed by atoms with van der Waals surface area (Å²) in [4.78, 5) is 23.3.